The Bertz CT molecular complexity index is 393. The Labute approximate surface area is 115 Å². The zero-order valence-electron chi connectivity index (χ0n) is 11.5. The van der Waals surface area contributed by atoms with Crippen LogP contribution in [0.1, 0.15) is 39.0 Å². The summed E-state index contributed by atoms with van der Waals surface area (Å²) in [5.74, 6) is 0. The van der Waals surface area contributed by atoms with E-state index in [1.807, 2.05) is 6.92 Å². The van der Waals surface area contributed by atoms with Gasteiger partial charge in [-0.25, -0.2) is 0 Å². The lowest BCUT2D eigenvalue weighted by Crippen LogP contribution is -2.58. The van der Waals surface area contributed by atoms with Crippen LogP contribution in [0.5, 0.6) is 0 Å². The number of hydrogen-bond donors (Lipinski definition) is 2. The minimum Gasteiger partial charge on any atom is -0.395 e. The molecule has 2 unspecified atom stereocenters. The molecule has 0 bridgehead atoms. The van der Waals surface area contributed by atoms with Crippen molar-refractivity contribution >= 4 is 10.2 Å². The van der Waals surface area contributed by atoms with E-state index in [-0.39, 0.29) is 12.6 Å². The van der Waals surface area contributed by atoms with Gasteiger partial charge in [0.25, 0.3) is 10.2 Å². The Kier molecular flexibility index (Phi) is 4.84. The quantitative estimate of drug-likeness (QED) is 0.778. The lowest BCUT2D eigenvalue weighted by Gasteiger charge is -2.39. The molecule has 2 rings (SSSR count). The number of rotatable bonds is 4. The van der Waals surface area contributed by atoms with Gasteiger partial charge < -0.3 is 9.84 Å². The first-order chi connectivity index (χ1) is 8.97. The fourth-order valence-corrected chi connectivity index (χ4v) is 4.69. The lowest BCUT2D eigenvalue weighted by molar-refractivity contribution is 0.0371. The number of ether oxygens (including phenoxy) is 1. The van der Waals surface area contributed by atoms with E-state index >= 15 is 0 Å². The molecule has 2 saturated heterocycles. The number of nitrogens with one attached hydrogen (secondary N) is 1. The number of aliphatic hydroxyl groups excluding tert-OH is 1. The first-order valence-electron chi connectivity index (χ1n) is 6.96. The normalized spacial score (nSPS) is 34.3. The molecule has 0 aliphatic carbocycles. The number of hydrogen-bond acceptors (Lipinski definition) is 4. The number of piperidine rings is 1. The molecule has 6 nitrogen and oxygen atoms in total. The Balaban J connectivity index is 2.08. The van der Waals surface area contributed by atoms with Crippen molar-refractivity contribution in [2.24, 2.45) is 0 Å². The van der Waals surface area contributed by atoms with Crippen molar-refractivity contribution in [1.29, 1.82) is 0 Å². The van der Waals surface area contributed by atoms with E-state index in [4.69, 9.17) is 4.74 Å². The molecule has 2 aliphatic heterocycles. The largest absolute Gasteiger partial charge is 0.395 e. The van der Waals surface area contributed by atoms with Gasteiger partial charge in [-0.15, -0.1) is 0 Å². The molecule has 19 heavy (non-hydrogen) atoms. The van der Waals surface area contributed by atoms with Crippen molar-refractivity contribution in [2.45, 2.75) is 50.6 Å². The van der Waals surface area contributed by atoms with Gasteiger partial charge >= 0.3 is 0 Å². The molecule has 0 spiro atoms. The van der Waals surface area contributed by atoms with Gasteiger partial charge in [-0.3, -0.25) is 0 Å². The van der Waals surface area contributed by atoms with E-state index in [9.17, 15) is 13.5 Å². The second kappa shape index (κ2) is 6.05. The summed E-state index contributed by atoms with van der Waals surface area (Å²) in [6.07, 6.45) is 4.19. The summed E-state index contributed by atoms with van der Waals surface area (Å²) in [5.41, 5.74) is -0.533. The van der Waals surface area contributed by atoms with Crippen LogP contribution >= 0.6 is 0 Å². The molecule has 2 heterocycles. The molecule has 112 valence electrons. The summed E-state index contributed by atoms with van der Waals surface area (Å²) in [7, 11) is -3.56. The Hall–Kier alpha value is -0.210. The van der Waals surface area contributed by atoms with E-state index < -0.39 is 15.7 Å². The maximum atomic E-state index is 12.5. The zero-order chi connectivity index (χ0) is 13.9. The standard InChI is InChI=1S/C12H24N2O4S/c1-12(6-4-8-18-10-12)13-19(16,17)14-7-3-2-5-11(14)9-15/h11,13,15H,2-10H2,1H3. The SMILES string of the molecule is CC1(NS(=O)(=O)N2CCCCC2CO)CCCOC1. The van der Waals surface area contributed by atoms with Crippen molar-refractivity contribution in [3.05, 3.63) is 0 Å². The minimum atomic E-state index is -3.56. The van der Waals surface area contributed by atoms with Crippen LogP contribution in [0.3, 0.4) is 0 Å². The summed E-state index contributed by atoms with van der Waals surface area (Å²) < 4.78 is 34.5. The fraction of sp³-hybridized carbons (Fsp3) is 1.00. The van der Waals surface area contributed by atoms with Gasteiger partial charge in [0.05, 0.1) is 18.8 Å². The van der Waals surface area contributed by atoms with Gasteiger partial charge in [-0.05, 0) is 32.6 Å². The van der Waals surface area contributed by atoms with Gasteiger partial charge in [-0.2, -0.15) is 17.4 Å². The smallest absolute Gasteiger partial charge is 0.280 e. The zero-order valence-corrected chi connectivity index (χ0v) is 12.3. The number of aliphatic hydroxyl groups is 1. The highest BCUT2D eigenvalue weighted by Crippen LogP contribution is 2.24. The average Bonchev–Trinajstić information content (AvgIpc) is 2.38. The highest BCUT2D eigenvalue weighted by Gasteiger charge is 2.38. The highest BCUT2D eigenvalue weighted by molar-refractivity contribution is 7.87. The fourth-order valence-electron chi connectivity index (χ4n) is 2.86. The van der Waals surface area contributed by atoms with Gasteiger partial charge in [0.2, 0.25) is 0 Å². The van der Waals surface area contributed by atoms with Crippen LogP contribution in [0.2, 0.25) is 0 Å². The summed E-state index contributed by atoms with van der Waals surface area (Å²) >= 11 is 0. The van der Waals surface area contributed by atoms with Crippen molar-refractivity contribution in [2.75, 3.05) is 26.4 Å². The lowest BCUT2D eigenvalue weighted by atomic mass is 9.97. The maximum Gasteiger partial charge on any atom is 0.280 e. The van der Waals surface area contributed by atoms with E-state index in [1.54, 1.807) is 0 Å². The molecule has 0 aromatic carbocycles. The molecular formula is C12H24N2O4S. The molecule has 2 fully saturated rings. The Morgan fingerprint density at radius 2 is 2.21 bits per heavy atom. The third-order valence-electron chi connectivity index (χ3n) is 3.91. The second-order valence-corrected chi connectivity index (χ2v) is 7.39. The van der Waals surface area contributed by atoms with Crippen molar-refractivity contribution in [3.8, 4) is 0 Å². The average molecular weight is 292 g/mol. The van der Waals surface area contributed by atoms with Gasteiger partial charge in [0, 0.05) is 19.2 Å². The van der Waals surface area contributed by atoms with Crippen LogP contribution in [0.25, 0.3) is 0 Å². The Morgan fingerprint density at radius 1 is 1.42 bits per heavy atom. The Morgan fingerprint density at radius 3 is 2.84 bits per heavy atom. The molecule has 2 aliphatic rings. The van der Waals surface area contributed by atoms with Crippen LogP contribution < -0.4 is 4.72 Å². The maximum absolute atomic E-state index is 12.5. The third kappa shape index (κ3) is 3.66. The molecule has 2 N–H and O–H groups in total. The van der Waals surface area contributed by atoms with Crippen LogP contribution in [-0.2, 0) is 14.9 Å². The first-order valence-corrected chi connectivity index (χ1v) is 8.40. The van der Waals surface area contributed by atoms with Crippen molar-refractivity contribution in [1.82, 2.24) is 9.03 Å². The summed E-state index contributed by atoms with van der Waals surface area (Å²) in [5, 5.41) is 9.34. The van der Waals surface area contributed by atoms with Gasteiger partial charge in [0.1, 0.15) is 0 Å². The predicted octanol–water partition coefficient (Wildman–Crippen LogP) is 0.237. The topological polar surface area (TPSA) is 78.9 Å². The van der Waals surface area contributed by atoms with E-state index in [2.05, 4.69) is 4.72 Å². The molecule has 2 atom stereocenters. The summed E-state index contributed by atoms with van der Waals surface area (Å²) in [4.78, 5) is 0. The number of nitrogens with zero attached hydrogens (tertiary/aromatic N) is 1. The molecule has 7 heteroatoms. The van der Waals surface area contributed by atoms with Crippen molar-refractivity contribution < 1.29 is 18.3 Å². The molecular weight excluding hydrogens is 268 g/mol. The van der Waals surface area contributed by atoms with Crippen LogP contribution in [0, 0.1) is 0 Å². The molecule has 0 aromatic heterocycles. The third-order valence-corrected chi connectivity index (χ3v) is 5.75. The van der Waals surface area contributed by atoms with E-state index in [0.717, 1.165) is 32.1 Å². The minimum absolute atomic E-state index is 0.117. The first kappa shape index (κ1) is 15.2. The molecule has 0 amide bonds. The molecule has 0 saturated carbocycles. The summed E-state index contributed by atoms with van der Waals surface area (Å²) in [6.45, 7) is 3.34. The second-order valence-electron chi connectivity index (χ2n) is 5.77. The van der Waals surface area contributed by atoms with Crippen molar-refractivity contribution in [3.63, 3.8) is 0 Å². The highest BCUT2D eigenvalue weighted by atomic mass is 32.2. The van der Waals surface area contributed by atoms with Crippen LogP contribution in [0.15, 0.2) is 0 Å². The monoisotopic (exact) mass is 292 g/mol. The van der Waals surface area contributed by atoms with E-state index in [1.165, 1.54) is 4.31 Å². The molecule has 0 radical (unpaired) electrons. The summed E-state index contributed by atoms with van der Waals surface area (Å²) in [6, 6.07) is -0.292. The molecule has 0 aromatic rings. The van der Waals surface area contributed by atoms with Gasteiger partial charge in [-0.1, -0.05) is 6.42 Å². The van der Waals surface area contributed by atoms with Gasteiger partial charge in [0.15, 0.2) is 0 Å². The van der Waals surface area contributed by atoms with Crippen LogP contribution in [0.4, 0.5) is 0 Å². The predicted molar refractivity (Wildman–Crippen MR) is 71.9 cm³/mol. The van der Waals surface area contributed by atoms with E-state index in [0.29, 0.717) is 19.8 Å². The van der Waals surface area contributed by atoms with Crippen LogP contribution in [-0.4, -0.2) is 55.8 Å².